The molecule has 6 heteroatoms. The first kappa shape index (κ1) is 18.3. The van der Waals surface area contributed by atoms with Gasteiger partial charge in [-0.05, 0) is 30.9 Å². The van der Waals surface area contributed by atoms with Gasteiger partial charge in [0.1, 0.15) is 11.4 Å². The normalized spacial score (nSPS) is 12.3. The van der Waals surface area contributed by atoms with Crippen molar-refractivity contribution in [1.82, 2.24) is 9.55 Å². The lowest BCUT2D eigenvalue weighted by Gasteiger charge is -2.11. The number of carbonyl (C=O) groups excluding carboxylic acids is 1. The monoisotopic (exact) mass is 370 g/mol. The molecule has 2 heterocycles. The summed E-state index contributed by atoms with van der Waals surface area (Å²) < 4.78 is 6.59. The number of rotatable bonds is 6. The maximum atomic E-state index is 12.9. The number of ether oxygens (including phenoxy) is 1. The number of aromatic nitrogens is 2. The molecule has 0 spiro atoms. The molecular weight excluding hydrogens is 348 g/mol. The lowest BCUT2D eigenvalue weighted by atomic mass is 10.0. The van der Waals surface area contributed by atoms with Crippen LogP contribution in [0.1, 0.15) is 32.8 Å². The van der Waals surface area contributed by atoms with Gasteiger partial charge in [0.25, 0.3) is 5.56 Å². The smallest absolute Gasteiger partial charge is 0.326 e. The maximum Gasteiger partial charge on any atom is 0.326 e. The van der Waals surface area contributed by atoms with Crippen LogP contribution in [0.15, 0.2) is 40.8 Å². The molecule has 0 aliphatic heterocycles. The number of hydrogen-bond acceptors (Lipinski definition) is 5. The van der Waals surface area contributed by atoms with Crippen molar-refractivity contribution in [2.75, 3.05) is 0 Å². The Balaban J connectivity index is 1.97. The van der Waals surface area contributed by atoms with E-state index in [-0.39, 0.29) is 18.2 Å². The third-order valence-electron chi connectivity index (χ3n) is 4.44. The third-order valence-corrected chi connectivity index (χ3v) is 5.33. The number of thiophene rings is 1. The minimum Gasteiger partial charge on any atom is -0.461 e. The van der Waals surface area contributed by atoms with Gasteiger partial charge in [0, 0.05) is 10.9 Å². The fourth-order valence-corrected chi connectivity index (χ4v) is 3.60. The Morgan fingerprint density at radius 1 is 1.27 bits per heavy atom. The molecule has 3 aromatic rings. The van der Waals surface area contributed by atoms with Crippen LogP contribution in [0, 0.1) is 0 Å². The Bertz CT molecular complexity index is 973. The molecule has 0 aliphatic carbocycles. The SMILES string of the molecule is CCc1ccc(-c2csc3ncn(CC(=O)OC(C)CC)c(=O)c23)cc1. The van der Waals surface area contributed by atoms with Crippen LogP contribution < -0.4 is 5.56 Å². The van der Waals surface area contributed by atoms with Gasteiger partial charge in [-0.25, -0.2) is 4.98 Å². The Morgan fingerprint density at radius 3 is 2.65 bits per heavy atom. The van der Waals surface area contributed by atoms with Crippen LogP contribution in [0.3, 0.4) is 0 Å². The fraction of sp³-hybridized carbons (Fsp3) is 0.350. The van der Waals surface area contributed by atoms with Gasteiger partial charge < -0.3 is 4.74 Å². The highest BCUT2D eigenvalue weighted by atomic mass is 32.1. The Labute approximate surface area is 156 Å². The van der Waals surface area contributed by atoms with Crippen molar-refractivity contribution < 1.29 is 9.53 Å². The number of esters is 1. The molecule has 0 bridgehead atoms. The molecule has 3 rings (SSSR count). The van der Waals surface area contributed by atoms with Gasteiger partial charge in [-0.1, -0.05) is 38.1 Å². The molecule has 2 aromatic heterocycles. The van der Waals surface area contributed by atoms with E-state index in [9.17, 15) is 9.59 Å². The van der Waals surface area contributed by atoms with E-state index in [2.05, 4.69) is 24.0 Å². The van der Waals surface area contributed by atoms with E-state index < -0.39 is 5.97 Å². The van der Waals surface area contributed by atoms with E-state index in [1.54, 1.807) is 0 Å². The Hall–Kier alpha value is -2.47. The lowest BCUT2D eigenvalue weighted by Crippen LogP contribution is -2.27. The molecule has 26 heavy (non-hydrogen) atoms. The van der Waals surface area contributed by atoms with Crippen molar-refractivity contribution in [3.05, 3.63) is 51.9 Å². The summed E-state index contributed by atoms with van der Waals surface area (Å²) in [6.07, 6.45) is 2.96. The van der Waals surface area contributed by atoms with Crippen LogP contribution in [-0.4, -0.2) is 21.6 Å². The molecule has 136 valence electrons. The minimum atomic E-state index is -0.424. The Morgan fingerprint density at radius 2 is 2.00 bits per heavy atom. The minimum absolute atomic E-state index is 0.129. The largest absolute Gasteiger partial charge is 0.461 e. The first-order valence-electron chi connectivity index (χ1n) is 8.78. The van der Waals surface area contributed by atoms with Crippen LogP contribution in [0.4, 0.5) is 0 Å². The van der Waals surface area contributed by atoms with E-state index in [4.69, 9.17) is 4.74 Å². The van der Waals surface area contributed by atoms with Gasteiger partial charge in [-0.2, -0.15) is 0 Å². The van der Waals surface area contributed by atoms with Crippen LogP contribution in [0.5, 0.6) is 0 Å². The molecule has 1 aromatic carbocycles. The number of carbonyl (C=O) groups is 1. The number of fused-ring (bicyclic) bond motifs is 1. The van der Waals surface area contributed by atoms with Crippen LogP contribution in [-0.2, 0) is 22.5 Å². The molecule has 0 radical (unpaired) electrons. The van der Waals surface area contributed by atoms with E-state index >= 15 is 0 Å². The zero-order valence-electron chi connectivity index (χ0n) is 15.2. The highest BCUT2D eigenvalue weighted by molar-refractivity contribution is 7.17. The lowest BCUT2D eigenvalue weighted by molar-refractivity contribution is -0.149. The van der Waals surface area contributed by atoms with Gasteiger partial charge in [0.05, 0.1) is 17.8 Å². The zero-order valence-corrected chi connectivity index (χ0v) is 16.0. The van der Waals surface area contributed by atoms with Crippen molar-refractivity contribution in [3.8, 4) is 11.1 Å². The van der Waals surface area contributed by atoms with Crippen LogP contribution in [0.25, 0.3) is 21.3 Å². The van der Waals surface area contributed by atoms with Gasteiger partial charge in [0.2, 0.25) is 0 Å². The summed E-state index contributed by atoms with van der Waals surface area (Å²) in [5.41, 5.74) is 2.87. The summed E-state index contributed by atoms with van der Waals surface area (Å²) in [5.74, 6) is -0.424. The summed E-state index contributed by atoms with van der Waals surface area (Å²) in [4.78, 5) is 30.0. The van der Waals surface area contributed by atoms with E-state index in [0.717, 1.165) is 24.0 Å². The first-order valence-corrected chi connectivity index (χ1v) is 9.66. The third kappa shape index (κ3) is 3.70. The van der Waals surface area contributed by atoms with E-state index in [1.165, 1.54) is 27.8 Å². The molecule has 1 atom stereocenters. The van der Waals surface area contributed by atoms with Crippen molar-refractivity contribution in [1.29, 1.82) is 0 Å². The number of benzene rings is 1. The topological polar surface area (TPSA) is 61.2 Å². The second-order valence-corrected chi connectivity index (χ2v) is 7.12. The highest BCUT2D eigenvalue weighted by Crippen LogP contribution is 2.30. The predicted molar refractivity (Wildman–Crippen MR) is 105 cm³/mol. The van der Waals surface area contributed by atoms with Gasteiger partial charge in [0.15, 0.2) is 0 Å². The summed E-state index contributed by atoms with van der Waals surface area (Å²) >= 11 is 1.43. The average Bonchev–Trinajstić information content (AvgIpc) is 3.08. The molecule has 5 nitrogen and oxygen atoms in total. The van der Waals surface area contributed by atoms with Crippen molar-refractivity contribution in [2.24, 2.45) is 0 Å². The summed E-state index contributed by atoms with van der Waals surface area (Å²) in [6, 6.07) is 8.18. The summed E-state index contributed by atoms with van der Waals surface area (Å²) in [6.45, 7) is 5.75. The molecule has 0 saturated carbocycles. The summed E-state index contributed by atoms with van der Waals surface area (Å²) in [7, 11) is 0. The van der Waals surface area contributed by atoms with Gasteiger partial charge in [-0.3, -0.25) is 14.2 Å². The molecule has 0 amide bonds. The fourth-order valence-electron chi connectivity index (χ4n) is 2.70. The average molecular weight is 370 g/mol. The summed E-state index contributed by atoms with van der Waals surface area (Å²) in [5, 5.41) is 2.50. The van der Waals surface area contributed by atoms with E-state index in [1.807, 2.05) is 31.4 Å². The predicted octanol–water partition coefficient (Wildman–Crippen LogP) is 4.03. The molecule has 1 unspecified atom stereocenters. The number of aryl methyl sites for hydroxylation is 1. The highest BCUT2D eigenvalue weighted by Gasteiger charge is 2.16. The number of hydrogen-bond donors (Lipinski definition) is 0. The van der Waals surface area contributed by atoms with Gasteiger partial charge in [-0.15, -0.1) is 11.3 Å². The number of nitrogens with zero attached hydrogens (tertiary/aromatic N) is 2. The Kier molecular flexibility index (Phi) is 5.52. The molecular formula is C20H22N2O3S. The molecule has 0 saturated heterocycles. The zero-order chi connectivity index (χ0) is 18.7. The quantitative estimate of drug-likeness (QED) is 0.615. The van der Waals surface area contributed by atoms with Crippen molar-refractivity contribution in [2.45, 2.75) is 46.3 Å². The molecule has 0 fully saturated rings. The second-order valence-electron chi connectivity index (χ2n) is 6.27. The van der Waals surface area contributed by atoms with Crippen LogP contribution in [0.2, 0.25) is 0 Å². The second kappa shape index (κ2) is 7.83. The van der Waals surface area contributed by atoms with Crippen molar-refractivity contribution in [3.63, 3.8) is 0 Å². The molecule has 0 aliphatic rings. The molecule has 0 N–H and O–H groups in total. The van der Waals surface area contributed by atoms with Crippen LogP contribution >= 0.6 is 11.3 Å². The standard InChI is InChI=1S/C20H22N2O3S/c1-4-13(3)25-17(23)10-22-12-21-19-18(20(22)24)16(11-26-19)15-8-6-14(5-2)7-9-15/h6-9,11-13H,4-5,10H2,1-3H3. The van der Waals surface area contributed by atoms with Gasteiger partial charge >= 0.3 is 5.97 Å². The van der Waals surface area contributed by atoms with Crippen molar-refractivity contribution >= 4 is 27.5 Å². The maximum absolute atomic E-state index is 12.9. The first-order chi connectivity index (χ1) is 12.5. The van der Waals surface area contributed by atoms with E-state index in [0.29, 0.717) is 10.2 Å².